The van der Waals surface area contributed by atoms with Gasteiger partial charge in [-0.3, -0.25) is 4.79 Å². The molecule has 1 saturated carbocycles. The SMILES string of the molecule is COc1ccc(C2CC2C(=O)O[C@H]2C(=O)OCC2(C)C)cc1. The van der Waals surface area contributed by atoms with Gasteiger partial charge in [-0.1, -0.05) is 26.0 Å². The predicted octanol–water partition coefficient (Wildman–Crippen LogP) is 2.29. The summed E-state index contributed by atoms with van der Waals surface area (Å²) in [5.41, 5.74) is 0.632. The third-order valence-electron chi connectivity index (χ3n) is 4.38. The normalized spacial score (nSPS) is 28.9. The van der Waals surface area contributed by atoms with Gasteiger partial charge >= 0.3 is 11.9 Å². The lowest BCUT2D eigenvalue weighted by atomic mass is 9.90. The van der Waals surface area contributed by atoms with Gasteiger partial charge in [0, 0.05) is 5.41 Å². The van der Waals surface area contributed by atoms with Crippen molar-refractivity contribution < 1.29 is 23.8 Å². The molecule has 1 saturated heterocycles. The van der Waals surface area contributed by atoms with Gasteiger partial charge in [0.15, 0.2) is 0 Å². The van der Waals surface area contributed by atoms with Gasteiger partial charge in [0.2, 0.25) is 6.10 Å². The fourth-order valence-corrected chi connectivity index (χ4v) is 2.81. The molecule has 1 aliphatic heterocycles. The Morgan fingerprint density at radius 1 is 1.27 bits per heavy atom. The van der Waals surface area contributed by atoms with E-state index in [1.165, 1.54) is 0 Å². The Bertz CT molecular complexity index is 590. The molecule has 22 heavy (non-hydrogen) atoms. The maximum absolute atomic E-state index is 12.2. The highest BCUT2D eigenvalue weighted by molar-refractivity contribution is 5.84. The summed E-state index contributed by atoms with van der Waals surface area (Å²) < 4.78 is 15.5. The lowest BCUT2D eigenvalue weighted by Crippen LogP contribution is -2.35. The molecule has 3 atom stereocenters. The highest BCUT2D eigenvalue weighted by Gasteiger charge is 2.51. The molecule has 0 aromatic heterocycles. The molecule has 3 rings (SSSR count). The summed E-state index contributed by atoms with van der Waals surface area (Å²) in [4.78, 5) is 23.9. The number of carbonyl (C=O) groups excluding carboxylic acids is 2. The summed E-state index contributed by atoms with van der Waals surface area (Å²) in [5, 5.41) is 0. The number of rotatable bonds is 4. The molecule has 1 aliphatic carbocycles. The number of esters is 2. The Morgan fingerprint density at radius 2 is 1.95 bits per heavy atom. The van der Waals surface area contributed by atoms with Gasteiger partial charge in [-0.15, -0.1) is 0 Å². The van der Waals surface area contributed by atoms with Crippen LogP contribution in [-0.2, 0) is 19.1 Å². The molecule has 5 nitrogen and oxygen atoms in total. The molecule has 0 amide bonds. The van der Waals surface area contributed by atoms with E-state index in [1.54, 1.807) is 7.11 Å². The Labute approximate surface area is 129 Å². The van der Waals surface area contributed by atoms with Gasteiger partial charge in [0.05, 0.1) is 13.0 Å². The maximum atomic E-state index is 12.2. The van der Waals surface area contributed by atoms with E-state index >= 15 is 0 Å². The van der Waals surface area contributed by atoms with Crippen LogP contribution < -0.4 is 4.74 Å². The molecule has 2 aliphatic rings. The minimum atomic E-state index is -0.794. The molecule has 2 unspecified atom stereocenters. The molecule has 1 aromatic carbocycles. The van der Waals surface area contributed by atoms with Crippen molar-refractivity contribution in [2.45, 2.75) is 32.3 Å². The van der Waals surface area contributed by atoms with Crippen molar-refractivity contribution in [3.63, 3.8) is 0 Å². The number of hydrogen-bond acceptors (Lipinski definition) is 5. The van der Waals surface area contributed by atoms with Crippen LogP contribution >= 0.6 is 0 Å². The first-order valence-electron chi connectivity index (χ1n) is 7.43. The summed E-state index contributed by atoms with van der Waals surface area (Å²) in [6.45, 7) is 4.02. The second kappa shape index (κ2) is 5.30. The first kappa shape index (κ1) is 14.9. The summed E-state index contributed by atoms with van der Waals surface area (Å²) in [6, 6.07) is 7.69. The van der Waals surface area contributed by atoms with E-state index in [4.69, 9.17) is 14.2 Å². The fraction of sp³-hybridized carbons (Fsp3) is 0.529. The zero-order valence-corrected chi connectivity index (χ0v) is 13.0. The number of ether oxygens (including phenoxy) is 3. The van der Waals surface area contributed by atoms with Crippen molar-refractivity contribution in [2.24, 2.45) is 11.3 Å². The van der Waals surface area contributed by atoms with E-state index in [2.05, 4.69) is 0 Å². The smallest absolute Gasteiger partial charge is 0.348 e. The van der Waals surface area contributed by atoms with Crippen molar-refractivity contribution in [2.75, 3.05) is 13.7 Å². The lowest BCUT2D eigenvalue weighted by Gasteiger charge is -2.21. The molecule has 0 bridgehead atoms. The number of hydrogen-bond donors (Lipinski definition) is 0. The molecule has 0 radical (unpaired) electrons. The van der Waals surface area contributed by atoms with Crippen LogP contribution in [0.15, 0.2) is 24.3 Å². The first-order valence-corrected chi connectivity index (χ1v) is 7.43. The van der Waals surface area contributed by atoms with Crippen LogP contribution in [0.4, 0.5) is 0 Å². The van der Waals surface area contributed by atoms with Gasteiger partial charge in [-0.25, -0.2) is 4.79 Å². The number of benzene rings is 1. The lowest BCUT2D eigenvalue weighted by molar-refractivity contribution is -0.164. The number of methoxy groups -OCH3 is 1. The summed E-state index contributed by atoms with van der Waals surface area (Å²) >= 11 is 0. The molecule has 0 N–H and O–H groups in total. The van der Waals surface area contributed by atoms with E-state index < -0.39 is 17.5 Å². The number of cyclic esters (lactones) is 1. The second-order valence-electron chi connectivity index (χ2n) is 6.64. The van der Waals surface area contributed by atoms with Crippen LogP contribution in [0.3, 0.4) is 0 Å². The predicted molar refractivity (Wildman–Crippen MR) is 78.5 cm³/mol. The molecule has 2 fully saturated rings. The standard InChI is InChI=1S/C17H20O5/c1-17(2)9-21-16(19)14(17)22-15(18)13-8-12(13)10-4-6-11(20-3)7-5-10/h4-7,12-14H,8-9H2,1-3H3/t12?,13?,14-/m0/s1. The average Bonchev–Trinajstić information content (AvgIpc) is 3.26. The van der Waals surface area contributed by atoms with Crippen molar-refractivity contribution in [3.8, 4) is 5.75 Å². The fourth-order valence-electron chi connectivity index (χ4n) is 2.81. The van der Waals surface area contributed by atoms with Crippen LogP contribution in [-0.4, -0.2) is 31.8 Å². The van der Waals surface area contributed by atoms with Gasteiger partial charge in [-0.05, 0) is 30.0 Å². The van der Waals surface area contributed by atoms with Crippen LogP contribution in [0.25, 0.3) is 0 Å². The summed E-state index contributed by atoms with van der Waals surface area (Å²) in [5.74, 6) is 0.0354. The van der Waals surface area contributed by atoms with Crippen molar-refractivity contribution in [3.05, 3.63) is 29.8 Å². The van der Waals surface area contributed by atoms with E-state index in [1.807, 2.05) is 38.1 Å². The zero-order valence-electron chi connectivity index (χ0n) is 13.0. The molecule has 1 heterocycles. The van der Waals surface area contributed by atoms with E-state index in [0.29, 0.717) is 0 Å². The van der Waals surface area contributed by atoms with Crippen molar-refractivity contribution in [1.82, 2.24) is 0 Å². The van der Waals surface area contributed by atoms with E-state index in [9.17, 15) is 9.59 Å². The Morgan fingerprint density at radius 3 is 2.50 bits per heavy atom. The first-order chi connectivity index (χ1) is 10.4. The molecule has 0 spiro atoms. The number of carbonyl (C=O) groups is 2. The van der Waals surface area contributed by atoms with E-state index in [0.717, 1.165) is 17.7 Å². The Balaban J connectivity index is 1.62. The second-order valence-corrected chi connectivity index (χ2v) is 6.64. The molecular formula is C17H20O5. The summed E-state index contributed by atoms with van der Waals surface area (Å²) in [7, 11) is 1.62. The van der Waals surface area contributed by atoms with Crippen LogP contribution in [0, 0.1) is 11.3 Å². The highest BCUT2D eigenvalue weighted by atomic mass is 16.6. The molecule has 118 valence electrons. The van der Waals surface area contributed by atoms with Gasteiger partial charge in [0.25, 0.3) is 0 Å². The minimum absolute atomic E-state index is 0.166. The van der Waals surface area contributed by atoms with Crippen molar-refractivity contribution >= 4 is 11.9 Å². The molecule has 5 heteroatoms. The Hall–Kier alpha value is -2.04. The van der Waals surface area contributed by atoms with Gasteiger partial charge in [-0.2, -0.15) is 0 Å². The average molecular weight is 304 g/mol. The third kappa shape index (κ3) is 2.67. The maximum Gasteiger partial charge on any atom is 0.348 e. The van der Waals surface area contributed by atoms with Crippen LogP contribution in [0.2, 0.25) is 0 Å². The summed E-state index contributed by atoms with van der Waals surface area (Å²) in [6.07, 6.45) is -0.0370. The Kier molecular flexibility index (Phi) is 3.59. The molecule has 1 aromatic rings. The highest BCUT2D eigenvalue weighted by Crippen LogP contribution is 2.49. The van der Waals surface area contributed by atoms with E-state index in [-0.39, 0.29) is 24.4 Å². The third-order valence-corrected chi connectivity index (χ3v) is 4.38. The van der Waals surface area contributed by atoms with Gasteiger partial charge < -0.3 is 14.2 Å². The quantitative estimate of drug-likeness (QED) is 0.799. The monoisotopic (exact) mass is 304 g/mol. The van der Waals surface area contributed by atoms with Crippen LogP contribution in [0.1, 0.15) is 31.7 Å². The minimum Gasteiger partial charge on any atom is -0.497 e. The largest absolute Gasteiger partial charge is 0.497 e. The topological polar surface area (TPSA) is 61.8 Å². The van der Waals surface area contributed by atoms with Gasteiger partial charge in [0.1, 0.15) is 12.4 Å². The van der Waals surface area contributed by atoms with Crippen molar-refractivity contribution in [1.29, 1.82) is 0 Å². The van der Waals surface area contributed by atoms with Crippen LogP contribution in [0.5, 0.6) is 5.75 Å². The zero-order chi connectivity index (χ0) is 15.9. The molecular weight excluding hydrogens is 284 g/mol.